The van der Waals surface area contributed by atoms with Crippen molar-refractivity contribution in [3.05, 3.63) is 53.7 Å². The Kier molecular flexibility index (Phi) is 5.14. The number of rotatable bonds is 6. The summed E-state index contributed by atoms with van der Waals surface area (Å²) in [6, 6.07) is 13.2. The molecule has 2 aromatic rings. The summed E-state index contributed by atoms with van der Waals surface area (Å²) in [4.78, 5) is 19.4. The Labute approximate surface area is 155 Å². The molecule has 1 fully saturated rings. The Balaban J connectivity index is 1.88. The zero-order chi connectivity index (χ0) is 18.9. The monoisotopic (exact) mass is 372 g/mol. The first-order chi connectivity index (χ1) is 12.3. The summed E-state index contributed by atoms with van der Waals surface area (Å²) < 4.78 is 23.3. The lowest BCUT2D eigenvalue weighted by molar-refractivity contribution is 0.0691. The molecule has 3 rings (SSSR count). The molecule has 1 heterocycles. The number of sulfone groups is 1. The van der Waals surface area contributed by atoms with Gasteiger partial charge in [0.05, 0.1) is 22.7 Å². The molecule has 0 saturated heterocycles. The van der Waals surface area contributed by atoms with Crippen LogP contribution in [0.25, 0.3) is 11.3 Å². The first-order valence-electron chi connectivity index (χ1n) is 8.80. The second kappa shape index (κ2) is 7.19. The maximum atomic E-state index is 13.1. The van der Waals surface area contributed by atoms with Gasteiger partial charge in [0.25, 0.3) is 5.91 Å². The number of pyridine rings is 1. The molecule has 0 bridgehead atoms. The standard InChI is InChI=1S/C20H24N2O3S/c1-14(13-26(3,24)25)22(17-9-10-17)20(23)18-11-12-19(21-15(18)2)16-7-5-4-6-8-16/h4-8,11-12,14,17H,9-10,13H2,1-3H3. The number of carbonyl (C=O) groups is 1. The molecule has 0 spiro atoms. The molecule has 6 heteroatoms. The highest BCUT2D eigenvalue weighted by Crippen LogP contribution is 2.31. The molecule has 0 radical (unpaired) electrons. The maximum Gasteiger partial charge on any atom is 0.256 e. The van der Waals surface area contributed by atoms with Gasteiger partial charge in [0.15, 0.2) is 0 Å². The van der Waals surface area contributed by atoms with Crippen molar-refractivity contribution >= 4 is 15.7 Å². The highest BCUT2D eigenvalue weighted by atomic mass is 32.2. The molecule has 1 aliphatic carbocycles. The molecule has 1 saturated carbocycles. The van der Waals surface area contributed by atoms with Gasteiger partial charge in [0.2, 0.25) is 0 Å². The number of carbonyl (C=O) groups excluding carboxylic acids is 1. The van der Waals surface area contributed by atoms with E-state index in [0.717, 1.165) is 24.1 Å². The second-order valence-electron chi connectivity index (χ2n) is 7.08. The molecular weight excluding hydrogens is 348 g/mol. The van der Waals surface area contributed by atoms with Gasteiger partial charge in [-0.25, -0.2) is 8.42 Å². The fourth-order valence-corrected chi connectivity index (χ4v) is 4.33. The lowest BCUT2D eigenvalue weighted by atomic mass is 10.1. The highest BCUT2D eigenvalue weighted by Gasteiger charge is 2.37. The largest absolute Gasteiger partial charge is 0.332 e. The predicted molar refractivity (Wildman–Crippen MR) is 103 cm³/mol. The Morgan fingerprint density at radius 2 is 1.85 bits per heavy atom. The highest BCUT2D eigenvalue weighted by molar-refractivity contribution is 7.90. The van der Waals surface area contributed by atoms with E-state index in [1.165, 1.54) is 6.26 Å². The van der Waals surface area contributed by atoms with E-state index in [-0.39, 0.29) is 23.7 Å². The molecule has 26 heavy (non-hydrogen) atoms. The van der Waals surface area contributed by atoms with Gasteiger partial charge in [-0.2, -0.15) is 0 Å². The van der Waals surface area contributed by atoms with Crippen LogP contribution < -0.4 is 0 Å². The Morgan fingerprint density at radius 1 is 1.19 bits per heavy atom. The number of nitrogens with zero attached hydrogens (tertiary/aromatic N) is 2. The minimum absolute atomic E-state index is 0.0240. The minimum atomic E-state index is -3.15. The fraction of sp³-hybridized carbons (Fsp3) is 0.400. The van der Waals surface area contributed by atoms with Gasteiger partial charge in [-0.3, -0.25) is 9.78 Å². The molecule has 138 valence electrons. The van der Waals surface area contributed by atoms with Crippen molar-refractivity contribution in [1.82, 2.24) is 9.88 Å². The first kappa shape index (κ1) is 18.6. The quantitative estimate of drug-likeness (QED) is 0.781. The van der Waals surface area contributed by atoms with Crippen LogP contribution in [-0.2, 0) is 9.84 Å². The summed E-state index contributed by atoms with van der Waals surface area (Å²) in [6.07, 6.45) is 3.06. The second-order valence-corrected chi connectivity index (χ2v) is 9.27. The molecule has 0 N–H and O–H groups in total. The smallest absolute Gasteiger partial charge is 0.256 e. The van der Waals surface area contributed by atoms with Crippen LogP contribution in [0.15, 0.2) is 42.5 Å². The third kappa shape index (κ3) is 4.30. The van der Waals surface area contributed by atoms with Crippen molar-refractivity contribution < 1.29 is 13.2 Å². The summed E-state index contributed by atoms with van der Waals surface area (Å²) in [5, 5.41) is 0. The third-order valence-corrected chi connectivity index (χ3v) is 5.67. The van der Waals surface area contributed by atoms with Crippen LogP contribution in [0.2, 0.25) is 0 Å². The van der Waals surface area contributed by atoms with Crippen molar-refractivity contribution in [3.8, 4) is 11.3 Å². The van der Waals surface area contributed by atoms with Gasteiger partial charge in [-0.05, 0) is 38.8 Å². The molecule has 1 amide bonds. The van der Waals surface area contributed by atoms with Gasteiger partial charge in [0, 0.05) is 23.9 Å². The zero-order valence-electron chi connectivity index (χ0n) is 15.3. The van der Waals surface area contributed by atoms with Crippen LogP contribution in [0, 0.1) is 6.92 Å². The van der Waals surface area contributed by atoms with Gasteiger partial charge < -0.3 is 4.90 Å². The van der Waals surface area contributed by atoms with Crippen molar-refractivity contribution in [2.24, 2.45) is 0 Å². The molecule has 1 aromatic heterocycles. The number of amides is 1. The molecule has 1 atom stereocenters. The number of aromatic nitrogens is 1. The lowest BCUT2D eigenvalue weighted by Gasteiger charge is -2.29. The SMILES string of the molecule is Cc1nc(-c2ccccc2)ccc1C(=O)N(C(C)CS(C)(=O)=O)C1CC1. The van der Waals surface area contributed by atoms with Crippen LogP contribution in [0.5, 0.6) is 0 Å². The molecule has 5 nitrogen and oxygen atoms in total. The van der Waals surface area contributed by atoms with Gasteiger partial charge in [0.1, 0.15) is 9.84 Å². The van der Waals surface area contributed by atoms with Crippen LogP contribution in [0.1, 0.15) is 35.8 Å². The summed E-state index contributed by atoms with van der Waals surface area (Å²) in [6.45, 7) is 3.63. The van der Waals surface area contributed by atoms with Gasteiger partial charge in [-0.15, -0.1) is 0 Å². The van der Waals surface area contributed by atoms with Crippen molar-refractivity contribution in [2.75, 3.05) is 12.0 Å². The number of benzene rings is 1. The van der Waals surface area contributed by atoms with E-state index < -0.39 is 9.84 Å². The molecule has 1 aromatic carbocycles. The molecular formula is C20H24N2O3S. The average molecular weight is 372 g/mol. The van der Waals surface area contributed by atoms with E-state index in [9.17, 15) is 13.2 Å². The lowest BCUT2D eigenvalue weighted by Crippen LogP contribution is -2.44. The number of hydrogen-bond acceptors (Lipinski definition) is 4. The van der Waals surface area contributed by atoms with E-state index in [4.69, 9.17) is 0 Å². The Morgan fingerprint density at radius 3 is 2.38 bits per heavy atom. The van der Waals surface area contributed by atoms with Crippen LogP contribution >= 0.6 is 0 Å². The summed E-state index contributed by atoms with van der Waals surface area (Å²) in [5.41, 5.74) is 3.02. The van der Waals surface area contributed by atoms with E-state index >= 15 is 0 Å². The number of aryl methyl sites for hydroxylation is 1. The fourth-order valence-electron chi connectivity index (χ4n) is 3.29. The molecule has 1 aliphatic rings. The maximum absolute atomic E-state index is 13.1. The summed E-state index contributed by atoms with van der Waals surface area (Å²) in [7, 11) is -3.15. The topological polar surface area (TPSA) is 67.3 Å². The van der Waals surface area contributed by atoms with Crippen LogP contribution in [-0.4, -0.2) is 48.3 Å². The Hall–Kier alpha value is -2.21. The molecule has 0 aliphatic heterocycles. The van der Waals surface area contributed by atoms with Crippen molar-refractivity contribution in [3.63, 3.8) is 0 Å². The van der Waals surface area contributed by atoms with E-state index in [2.05, 4.69) is 4.98 Å². The third-order valence-electron chi connectivity index (χ3n) is 4.58. The minimum Gasteiger partial charge on any atom is -0.332 e. The van der Waals surface area contributed by atoms with Crippen molar-refractivity contribution in [2.45, 2.75) is 38.8 Å². The van der Waals surface area contributed by atoms with E-state index in [1.54, 1.807) is 17.9 Å². The zero-order valence-corrected chi connectivity index (χ0v) is 16.2. The van der Waals surface area contributed by atoms with Gasteiger partial charge in [-0.1, -0.05) is 30.3 Å². The Bertz CT molecular complexity index is 906. The van der Waals surface area contributed by atoms with Crippen LogP contribution in [0.3, 0.4) is 0 Å². The summed E-state index contributed by atoms with van der Waals surface area (Å²) >= 11 is 0. The van der Waals surface area contributed by atoms with Crippen LogP contribution in [0.4, 0.5) is 0 Å². The predicted octanol–water partition coefficient (Wildman–Crippen LogP) is 3.09. The summed E-state index contributed by atoms with van der Waals surface area (Å²) in [5.74, 6) is -0.155. The van der Waals surface area contributed by atoms with Gasteiger partial charge >= 0.3 is 0 Å². The van der Waals surface area contributed by atoms with Crippen molar-refractivity contribution in [1.29, 1.82) is 0 Å². The number of hydrogen-bond donors (Lipinski definition) is 0. The normalized spacial score (nSPS) is 15.5. The molecule has 1 unspecified atom stereocenters. The first-order valence-corrected chi connectivity index (χ1v) is 10.9. The average Bonchev–Trinajstić information content (AvgIpc) is 3.38. The van der Waals surface area contributed by atoms with E-state index in [1.807, 2.05) is 43.3 Å². The van der Waals surface area contributed by atoms with E-state index in [0.29, 0.717) is 11.3 Å².